The summed E-state index contributed by atoms with van der Waals surface area (Å²) in [7, 11) is 0. The van der Waals surface area contributed by atoms with Crippen molar-refractivity contribution in [1.82, 2.24) is 10.2 Å². The van der Waals surface area contributed by atoms with Gasteiger partial charge in [-0.2, -0.15) is 0 Å². The molecule has 1 unspecified atom stereocenters. The minimum absolute atomic E-state index is 0.448. The van der Waals surface area contributed by atoms with Gasteiger partial charge in [-0.1, -0.05) is 31.9 Å². The fourth-order valence-electron chi connectivity index (χ4n) is 1.57. The van der Waals surface area contributed by atoms with Crippen molar-refractivity contribution in [2.45, 2.75) is 46.1 Å². The molecule has 1 rings (SSSR count). The van der Waals surface area contributed by atoms with E-state index in [1.54, 1.807) is 6.07 Å². The summed E-state index contributed by atoms with van der Waals surface area (Å²) in [6.07, 6.45) is 3.47. The first-order valence-corrected chi connectivity index (χ1v) is 6.32. The number of anilines is 1. The standard InChI is InChI=1S/C12H20ClN3/c1-4-6-9-16(10(3)5-2)12-8-7-11(13)14-15-12/h7-8,10H,4-6,9H2,1-3H3. The van der Waals surface area contributed by atoms with Crippen LogP contribution in [0.2, 0.25) is 5.15 Å². The maximum Gasteiger partial charge on any atom is 0.151 e. The van der Waals surface area contributed by atoms with Crippen LogP contribution < -0.4 is 4.90 Å². The Kier molecular flexibility index (Phi) is 5.53. The molecule has 90 valence electrons. The summed E-state index contributed by atoms with van der Waals surface area (Å²) in [5, 5.41) is 8.49. The van der Waals surface area contributed by atoms with Gasteiger partial charge in [-0.25, -0.2) is 0 Å². The van der Waals surface area contributed by atoms with Crippen LogP contribution in [-0.4, -0.2) is 22.8 Å². The number of hydrogen-bond acceptors (Lipinski definition) is 3. The molecule has 1 aromatic heterocycles. The first kappa shape index (κ1) is 13.2. The molecule has 0 saturated carbocycles. The van der Waals surface area contributed by atoms with Crippen LogP contribution in [0.25, 0.3) is 0 Å². The first-order valence-electron chi connectivity index (χ1n) is 5.94. The predicted octanol–water partition coefficient (Wildman–Crippen LogP) is 3.54. The molecule has 0 spiro atoms. The lowest BCUT2D eigenvalue weighted by atomic mass is 10.2. The van der Waals surface area contributed by atoms with Crippen molar-refractivity contribution < 1.29 is 0 Å². The van der Waals surface area contributed by atoms with Crippen LogP contribution in [0.3, 0.4) is 0 Å². The highest BCUT2D eigenvalue weighted by Gasteiger charge is 2.13. The molecule has 3 nitrogen and oxygen atoms in total. The van der Waals surface area contributed by atoms with Gasteiger partial charge in [-0.15, -0.1) is 10.2 Å². The fraction of sp³-hybridized carbons (Fsp3) is 0.667. The molecule has 0 aliphatic heterocycles. The summed E-state index contributed by atoms with van der Waals surface area (Å²) in [6, 6.07) is 4.23. The van der Waals surface area contributed by atoms with Gasteiger partial charge in [0.2, 0.25) is 0 Å². The van der Waals surface area contributed by atoms with Gasteiger partial charge in [0.1, 0.15) is 0 Å². The molecule has 0 aliphatic carbocycles. The molecule has 0 saturated heterocycles. The van der Waals surface area contributed by atoms with E-state index in [-0.39, 0.29) is 0 Å². The normalized spacial score (nSPS) is 12.5. The summed E-state index contributed by atoms with van der Waals surface area (Å²) in [6.45, 7) is 7.63. The summed E-state index contributed by atoms with van der Waals surface area (Å²) in [5.74, 6) is 0.923. The van der Waals surface area contributed by atoms with Crippen molar-refractivity contribution in [2.75, 3.05) is 11.4 Å². The molecular formula is C12H20ClN3. The molecule has 16 heavy (non-hydrogen) atoms. The van der Waals surface area contributed by atoms with Crippen LogP contribution in [0.4, 0.5) is 5.82 Å². The fourth-order valence-corrected chi connectivity index (χ4v) is 1.67. The molecular weight excluding hydrogens is 222 g/mol. The Balaban J connectivity index is 2.78. The maximum absolute atomic E-state index is 5.74. The van der Waals surface area contributed by atoms with Crippen LogP contribution in [0, 0.1) is 0 Å². The lowest BCUT2D eigenvalue weighted by molar-refractivity contribution is 0.586. The van der Waals surface area contributed by atoms with E-state index in [2.05, 4.69) is 35.9 Å². The third-order valence-electron chi connectivity index (χ3n) is 2.79. The van der Waals surface area contributed by atoms with E-state index < -0.39 is 0 Å². The molecule has 0 amide bonds. The van der Waals surface area contributed by atoms with Crippen molar-refractivity contribution in [3.05, 3.63) is 17.3 Å². The largest absolute Gasteiger partial charge is 0.352 e. The Morgan fingerprint density at radius 1 is 1.31 bits per heavy atom. The van der Waals surface area contributed by atoms with Gasteiger partial charge in [0.05, 0.1) is 0 Å². The zero-order valence-corrected chi connectivity index (χ0v) is 11.0. The molecule has 0 bridgehead atoms. The minimum Gasteiger partial charge on any atom is -0.352 e. The summed E-state index contributed by atoms with van der Waals surface area (Å²) in [4.78, 5) is 2.30. The van der Waals surface area contributed by atoms with E-state index in [0.717, 1.165) is 18.8 Å². The Morgan fingerprint density at radius 3 is 2.56 bits per heavy atom. The van der Waals surface area contributed by atoms with E-state index in [0.29, 0.717) is 11.2 Å². The Labute approximate surface area is 103 Å². The highest BCUT2D eigenvalue weighted by atomic mass is 35.5. The van der Waals surface area contributed by atoms with Crippen molar-refractivity contribution in [1.29, 1.82) is 0 Å². The van der Waals surface area contributed by atoms with Gasteiger partial charge in [0.25, 0.3) is 0 Å². The van der Waals surface area contributed by atoms with Crippen LogP contribution in [0.15, 0.2) is 12.1 Å². The van der Waals surface area contributed by atoms with Crippen LogP contribution in [0.1, 0.15) is 40.0 Å². The monoisotopic (exact) mass is 241 g/mol. The van der Waals surface area contributed by atoms with E-state index >= 15 is 0 Å². The van der Waals surface area contributed by atoms with Crippen LogP contribution in [-0.2, 0) is 0 Å². The number of hydrogen-bond donors (Lipinski definition) is 0. The van der Waals surface area contributed by atoms with Crippen LogP contribution >= 0.6 is 11.6 Å². The maximum atomic E-state index is 5.74. The number of nitrogens with zero attached hydrogens (tertiary/aromatic N) is 3. The number of halogens is 1. The van der Waals surface area contributed by atoms with E-state index in [4.69, 9.17) is 11.6 Å². The predicted molar refractivity (Wildman–Crippen MR) is 69.0 cm³/mol. The second-order valence-electron chi connectivity index (χ2n) is 4.02. The quantitative estimate of drug-likeness (QED) is 0.763. The van der Waals surface area contributed by atoms with Gasteiger partial charge in [-0.3, -0.25) is 0 Å². The highest BCUT2D eigenvalue weighted by molar-refractivity contribution is 6.29. The zero-order valence-electron chi connectivity index (χ0n) is 10.3. The summed E-state index contributed by atoms with van der Waals surface area (Å²) in [5.41, 5.74) is 0. The summed E-state index contributed by atoms with van der Waals surface area (Å²) >= 11 is 5.74. The molecule has 1 atom stereocenters. The smallest absolute Gasteiger partial charge is 0.151 e. The molecule has 0 aliphatic rings. The Hall–Kier alpha value is -0.830. The van der Waals surface area contributed by atoms with Gasteiger partial charge in [0.15, 0.2) is 11.0 Å². The summed E-state index contributed by atoms with van der Waals surface area (Å²) < 4.78 is 0. The van der Waals surface area contributed by atoms with Crippen molar-refractivity contribution in [3.63, 3.8) is 0 Å². The SMILES string of the molecule is CCCCN(c1ccc(Cl)nn1)C(C)CC. The van der Waals surface area contributed by atoms with Crippen molar-refractivity contribution in [3.8, 4) is 0 Å². The number of rotatable bonds is 6. The van der Waals surface area contributed by atoms with Gasteiger partial charge in [-0.05, 0) is 31.9 Å². The first-order chi connectivity index (χ1) is 7.69. The highest BCUT2D eigenvalue weighted by Crippen LogP contribution is 2.17. The Morgan fingerprint density at radius 2 is 2.06 bits per heavy atom. The third-order valence-corrected chi connectivity index (χ3v) is 2.99. The number of unbranched alkanes of at least 4 members (excludes halogenated alkanes) is 1. The zero-order chi connectivity index (χ0) is 12.0. The molecule has 0 aromatic carbocycles. The molecule has 0 radical (unpaired) electrons. The van der Waals surface area contributed by atoms with E-state index in [1.165, 1.54) is 12.8 Å². The molecule has 1 aromatic rings. The van der Waals surface area contributed by atoms with Crippen molar-refractivity contribution in [2.24, 2.45) is 0 Å². The topological polar surface area (TPSA) is 29.0 Å². The van der Waals surface area contributed by atoms with Crippen LogP contribution in [0.5, 0.6) is 0 Å². The molecule has 0 fully saturated rings. The Bertz CT molecular complexity index is 300. The average Bonchev–Trinajstić information content (AvgIpc) is 2.31. The second kappa shape index (κ2) is 6.69. The van der Waals surface area contributed by atoms with E-state index in [9.17, 15) is 0 Å². The second-order valence-corrected chi connectivity index (χ2v) is 4.41. The molecule has 4 heteroatoms. The van der Waals surface area contributed by atoms with Crippen molar-refractivity contribution >= 4 is 17.4 Å². The minimum atomic E-state index is 0.448. The lowest BCUT2D eigenvalue weighted by Crippen LogP contribution is -2.34. The average molecular weight is 242 g/mol. The lowest BCUT2D eigenvalue weighted by Gasteiger charge is -2.29. The number of aromatic nitrogens is 2. The molecule has 1 heterocycles. The van der Waals surface area contributed by atoms with Gasteiger partial charge >= 0.3 is 0 Å². The third kappa shape index (κ3) is 3.63. The molecule has 0 N–H and O–H groups in total. The van der Waals surface area contributed by atoms with Gasteiger partial charge in [0, 0.05) is 12.6 Å². The van der Waals surface area contributed by atoms with Gasteiger partial charge < -0.3 is 4.90 Å². The van der Waals surface area contributed by atoms with E-state index in [1.807, 2.05) is 6.07 Å².